The van der Waals surface area contributed by atoms with Crippen LogP contribution in [0.15, 0.2) is 21.7 Å². The van der Waals surface area contributed by atoms with E-state index in [2.05, 4.69) is 14.5 Å². The van der Waals surface area contributed by atoms with E-state index in [-0.39, 0.29) is 52.0 Å². The standard InChI is InChI=1S/C17H21N4O9P.Na.2H2O/c1-7-3-9-10(4-8(7)2)21(15-13(18-9)16(25)20-17(26)19-15)5-11(22)14(24)12(23)6-30-31(27,28)29;;;/h3-4,11-12,14,22-24H,5-6H2,1-2H3,(H,20,25,26)(H2,27,28,29);;2*1H2/q;+1;;/p-1/t11-,12+,14-;;;/m1.../s1. The number of benzene rings is 1. The molecule has 0 aliphatic carbocycles. The van der Waals surface area contributed by atoms with Crippen molar-refractivity contribution in [1.82, 2.24) is 19.5 Å². The predicted octanol–water partition coefficient (Wildman–Crippen LogP) is -6.88. The summed E-state index contributed by atoms with van der Waals surface area (Å²) in [6.45, 7) is 2.20. The van der Waals surface area contributed by atoms with Crippen LogP contribution in [0, 0.1) is 13.8 Å². The molecule has 4 atom stereocenters. The Morgan fingerprint density at radius 1 is 1.12 bits per heavy atom. The molecular weight excluding hydrogens is 490 g/mol. The predicted molar refractivity (Wildman–Crippen MR) is 112 cm³/mol. The van der Waals surface area contributed by atoms with Crippen LogP contribution in [0.25, 0.3) is 22.6 Å². The van der Waals surface area contributed by atoms with Crippen molar-refractivity contribution < 1.29 is 74.7 Å². The van der Waals surface area contributed by atoms with E-state index in [1.807, 2.05) is 18.8 Å². The number of aliphatic hydroxyl groups is 3. The number of nitrogens with one attached hydrogen (secondary N) is 1. The molecule has 2 aliphatic heterocycles. The van der Waals surface area contributed by atoms with E-state index in [1.54, 1.807) is 12.1 Å². The van der Waals surface area contributed by atoms with Gasteiger partial charge in [0.25, 0.3) is 13.4 Å². The van der Waals surface area contributed by atoms with E-state index in [0.29, 0.717) is 11.0 Å². The van der Waals surface area contributed by atoms with Gasteiger partial charge in [0.1, 0.15) is 18.3 Å². The van der Waals surface area contributed by atoms with Crippen LogP contribution < -0.4 is 45.7 Å². The number of aliphatic hydroxyl groups excluding tert-OH is 3. The summed E-state index contributed by atoms with van der Waals surface area (Å²) in [4.78, 5) is 53.3. The zero-order chi connectivity index (χ0) is 23.1. The number of rotatable bonds is 7. The molecule has 3 rings (SSSR count). The quantitative estimate of drug-likeness (QED) is 0.112. The number of phosphoric acid groups is 1. The summed E-state index contributed by atoms with van der Waals surface area (Å²) in [5.74, 6) is -0.152. The van der Waals surface area contributed by atoms with Crippen molar-refractivity contribution in [1.29, 1.82) is 0 Å². The number of nitrogens with zero attached hydrogens (tertiary/aromatic N) is 3. The summed E-state index contributed by atoms with van der Waals surface area (Å²) in [5, 5.41) is 30.5. The summed E-state index contributed by atoms with van der Waals surface area (Å²) >= 11 is 0. The molecule has 0 fully saturated rings. The Morgan fingerprint density at radius 3 is 2.29 bits per heavy atom. The molecule has 9 N–H and O–H groups in total. The first-order chi connectivity index (χ1) is 14.4. The second-order valence-electron chi connectivity index (χ2n) is 7.08. The van der Waals surface area contributed by atoms with Crippen molar-refractivity contribution >= 4 is 18.9 Å². The number of phosphoric ester groups is 1. The minimum absolute atomic E-state index is 0. The van der Waals surface area contributed by atoms with Crippen molar-refractivity contribution in [2.75, 3.05) is 6.61 Å². The average molecular weight is 514 g/mol. The molecule has 1 aromatic rings. The third-order valence-electron chi connectivity index (χ3n) is 4.79. The van der Waals surface area contributed by atoms with Crippen LogP contribution in [-0.4, -0.2) is 75.6 Å². The van der Waals surface area contributed by atoms with Gasteiger partial charge in [0.05, 0.1) is 24.2 Å². The number of H-pyrrole nitrogens is 1. The van der Waals surface area contributed by atoms with E-state index in [4.69, 9.17) is 4.89 Å². The molecule has 2 aliphatic rings. The minimum atomic E-state index is -5.14. The van der Waals surface area contributed by atoms with E-state index in [9.17, 15) is 34.4 Å². The minimum Gasteiger partial charge on any atom is -0.756 e. The van der Waals surface area contributed by atoms with Gasteiger partial charge in [0.2, 0.25) is 0 Å². The zero-order valence-electron chi connectivity index (χ0n) is 18.4. The Labute approximate surface area is 213 Å². The third-order valence-corrected chi connectivity index (χ3v) is 5.27. The molecule has 0 aromatic heterocycles. The first-order valence-electron chi connectivity index (χ1n) is 9.01. The molecule has 0 amide bonds. The Bertz CT molecular complexity index is 1260. The number of aromatic nitrogens is 4. The molecule has 1 aromatic carbocycles. The van der Waals surface area contributed by atoms with Gasteiger partial charge in [0.15, 0.2) is 11.5 Å². The smallest absolute Gasteiger partial charge is 0.756 e. The first kappa shape index (κ1) is 32.4. The van der Waals surface area contributed by atoms with Gasteiger partial charge in [-0.05, 0) is 37.1 Å². The number of aryl methyl sites for hydroxylation is 2. The van der Waals surface area contributed by atoms with Gasteiger partial charge in [-0.15, -0.1) is 0 Å². The number of hydrogen-bond donors (Lipinski definition) is 5. The number of aromatic amines is 1. The number of fused-ring (bicyclic) bond motifs is 2. The van der Waals surface area contributed by atoms with Crippen LogP contribution in [0.4, 0.5) is 0 Å². The topological polar surface area (TPSA) is 274 Å². The average Bonchev–Trinajstić information content (AvgIpc) is 2.67. The van der Waals surface area contributed by atoms with Gasteiger partial charge in [-0.25, -0.2) is 9.78 Å². The zero-order valence-corrected chi connectivity index (χ0v) is 21.3. The molecule has 0 saturated carbocycles. The largest absolute Gasteiger partial charge is 1.00 e. The van der Waals surface area contributed by atoms with Crippen molar-refractivity contribution in [2.45, 2.75) is 38.7 Å². The molecule has 0 spiro atoms. The van der Waals surface area contributed by atoms with Crippen LogP contribution in [0.5, 0.6) is 0 Å². The Hall–Kier alpha value is -1.59. The number of hydrogen-bond acceptors (Lipinski definition) is 10. The van der Waals surface area contributed by atoms with Crippen LogP contribution in [-0.2, 0) is 15.6 Å². The fraction of sp³-hybridized carbons (Fsp3) is 0.412. The van der Waals surface area contributed by atoms with Crippen LogP contribution >= 0.6 is 7.82 Å². The first-order valence-corrected chi connectivity index (χ1v) is 10.5. The maximum Gasteiger partial charge on any atom is 1.00 e. The van der Waals surface area contributed by atoms with Crippen LogP contribution in [0.3, 0.4) is 0 Å². The summed E-state index contributed by atoms with van der Waals surface area (Å²) in [6, 6.07) is 3.40. The molecule has 17 heteroatoms. The maximum absolute atomic E-state index is 12.2. The van der Waals surface area contributed by atoms with Gasteiger partial charge in [0, 0.05) is 0 Å². The molecule has 2 heterocycles. The Balaban J connectivity index is 0.00000363. The van der Waals surface area contributed by atoms with E-state index < -0.39 is 50.5 Å². The monoisotopic (exact) mass is 514 g/mol. The fourth-order valence-corrected chi connectivity index (χ4v) is 3.40. The molecule has 0 saturated heterocycles. The van der Waals surface area contributed by atoms with Gasteiger partial charge in [-0.1, -0.05) is 0 Å². The molecule has 0 radical (unpaired) electrons. The van der Waals surface area contributed by atoms with E-state index >= 15 is 0 Å². The van der Waals surface area contributed by atoms with Gasteiger partial charge >= 0.3 is 35.2 Å². The van der Waals surface area contributed by atoms with E-state index in [1.165, 1.54) is 4.57 Å². The van der Waals surface area contributed by atoms with Crippen molar-refractivity contribution in [3.8, 4) is 11.5 Å². The van der Waals surface area contributed by atoms with E-state index in [0.717, 1.165) is 11.1 Å². The second kappa shape index (κ2) is 12.4. The summed E-state index contributed by atoms with van der Waals surface area (Å²) in [7, 11) is -5.14. The molecule has 15 nitrogen and oxygen atoms in total. The molecule has 34 heavy (non-hydrogen) atoms. The maximum atomic E-state index is 12.2. The summed E-state index contributed by atoms with van der Waals surface area (Å²) in [5.41, 5.74) is 0.565. The summed E-state index contributed by atoms with van der Waals surface area (Å²) in [6.07, 6.45) is -5.49. The molecule has 184 valence electrons. The Kier molecular flexibility index (Phi) is 11.8. The van der Waals surface area contributed by atoms with Gasteiger partial charge in [-0.2, -0.15) is 4.98 Å². The second-order valence-corrected chi connectivity index (χ2v) is 8.28. The SMILES string of the molecule is Cc1cc2nc3c(=O)[nH]c(=O)nc-3n(C[C@@H](O)[C@@H](O)[C@@H](O)COP(=O)([O-])O)c2cc1C.O.O.[Na+]. The molecule has 1 unspecified atom stereocenters. The fourth-order valence-electron chi connectivity index (χ4n) is 3.06. The normalized spacial score (nSPS) is 15.4. The molecular formula is C17H24N4NaO11P. The molecule has 0 bridgehead atoms. The summed E-state index contributed by atoms with van der Waals surface area (Å²) < 4.78 is 16.0. The van der Waals surface area contributed by atoms with Crippen molar-refractivity contribution in [3.63, 3.8) is 0 Å². The van der Waals surface area contributed by atoms with Crippen molar-refractivity contribution in [2.24, 2.45) is 0 Å². The van der Waals surface area contributed by atoms with Gasteiger partial charge < -0.3 is 45.1 Å². The van der Waals surface area contributed by atoms with Crippen LogP contribution in [0.2, 0.25) is 0 Å². The Morgan fingerprint density at radius 2 is 1.71 bits per heavy atom. The van der Waals surface area contributed by atoms with Gasteiger partial charge in [-0.3, -0.25) is 14.3 Å². The third kappa shape index (κ3) is 7.21. The van der Waals surface area contributed by atoms with Crippen molar-refractivity contribution in [3.05, 3.63) is 44.1 Å². The van der Waals surface area contributed by atoms with Crippen LogP contribution in [0.1, 0.15) is 11.1 Å².